The van der Waals surface area contributed by atoms with E-state index in [0.717, 1.165) is 36.1 Å². The molecule has 0 saturated carbocycles. The molecule has 0 fully saturated rings. The lowest BCUT2D eigenvalue weighted by molar-refractivity contribution is -0.116. The van der Waals surface area contributed by atoms with Gasteiger partial charge in [0.2, 0.25) is 5.91 Å². The van der Waals surface area contributed by atoms with Crippen LogP contribution in [0, 0.1) is 18.3 Å². The first-order chi connectivity index (χ1) is 15.6. The Morgan fingerprint density at radius 3 is 2.70 bits per heavy atom. The first kappa shape index (κ1) is 25.6. The third-order valence-electron chi connectivity index (χ3n) is 6.17. The van der Waals surface area contributed by atoms with E-state index in [2.05, 4.69) is 26.1 Å². The van der Waals surface area contributed by atoms with E-state index in [4.69, 9.17) is 21.1 Å². The number of thiophene rings is 1. The number of esters is 1. The molecule has 1 amide bonds. The highest BCUT2D eigenvalue weighted by Crippen LogP contribution is 2.44. The maximum Gasteiger partial charge on any atom is 0.341 e. The Kier molecular flexibility index (Phi) is 8.46. The molecular weight excluding hydrogens is 458 g/mol. The lowest BCUT2D eigenvalue weighted by atomic mass is 9.72. The van der Waals surface area contributed by atoms with Gasteiger partial charge in [-0.1, -0.05) is 32.4 Å². The summed E-state index contributed by atoms with van der Waals surface area (Å²) in [5, 5.41) is 4.30. The van der Waals surface area contributed by atoms with Gasteiger partial charge >= 0.3 is 5.97 Å². The molecule has 2 aromatic rings. The molecule has 0 saturated heterocycles. The summed E-state index contributed by atoms with van der Waals surface area (Å²) >= 11 is 7.57. The lowest BCUT2D eigenvalue weighted by Crippen LogP contribution is -2.26. The van der Waals surface area contributed by atoms with E-state index in [-0.39, 0.29) is 17.3 Å². The van der Waals surface area contributed by atoms with Crippen LogP contribution >= 0.6 is 22.9 Å². The number of aryl methyl sites for hydroxylation is 1. The predicted octanol–water partition coefficient (Wildman–Crippen LogP) is 6.84. The SMILES string of the molecule is CCOC(=O)c1c(NC(=O)CCCOc2ccc(Cl)c(C)c2)sc2c1CCC(C(C)(C)C)C2. The summed E-state index contributed by atoms with van der Waals surface area (Å²) in [4.78, 5) is 26.6. The highest BCUT2D eigenvalue weighted by atomic mass is 35.5. The summed E-state index contributed by atoms with van der Waals surface area (Å²) in [6, 6.07) is 5.51. The van der Waals surface area contributed by atoms with E-state index in [1.165, 1.54) is 16.2 Å². The van der Waals surface area contributed by atoms with Gasteiger partial charge in [0.25, 0.3) is 0 Å². The van der Waals surface area contributed by atoms with Gasteiger partial charge in [0.1, 0.15) is 10.8 Å². The number of hydrogen-bond donors (Lipinski definition) is 1. The summed E-state index contributed by atoms with van der Waals surface area (Å²) in [7, 11) is 0. The summed E-state index contributed by atoms with van der Waals surface area (Å²) in [5.41, 5.74) is 2.76. The van der Waals surface area contributed by atoms with E-state index >= 15 is 0 Å². The molecule has 1 N–H and O–H groups in total. The van der Waals surface area contributed by atoms with Crippen molar-refractivity contribution < 1.29 is 19.1 Å². The molecule has 1 heterocycles. The molecule has 1 aliphatic rings. The molecule has 0 spiro atoms. The van der Waals surface area contributed by atoms with Crippen molar-refractivity contribution in [3.8, 4) is 5.75 Å². The van der Waals surface area contributed by atoms with Gasteiger partial charge in [-0.2, -0.15) is 0 Å². The molecule has 0 aliphatic heterocycles. The van der Waals surface area contributed by atoms with Gasteiger partial charge in [-0.05, 0) is 80.2 Å². The van der Waals surface area contributed by atoms with E-state index in [0.29, 0.717) is 47.6 Å². The maximum atomic E-state index is 12.7. The topological polar surface area (TPSA) is 64.6 Å². The fourth-order valence-corrected chi connectivity index (χ4v) is 5.60. The van der Waals surface area contributed by atoms with Gasteiger partial charge in [0.05, 0.1) is 18.8 Å². The molecule has 0 bridgehead atoms. The quantitative estimate of drug-likeness (QED) is 0.324. The van der Waals surface area contributed by atoms with Crippen LogP contribution in [-0.4, -0.2) is 25.1 Å². The summed E-state index contributed by atoms with van der Waals surface area (Å²) in [5.74, 6) is 0.820. The molecule has 33 heavy (non-hydrogen) atoms. The van der Waals surface area contributed by atoms with Crippen molar-refractivity contribution in [3.05, 3.63) is 44.8 Å². The molecule has 3 rings (SSSR count). The number of carbonyl (C=O) groups excluding carboxylic acids is 2. The smallest absolute Gasteiger partial charge is 0.341 e. The second-order valence-corrected chi connectivity index (χ2v) is 11.2. The maximum absolute atomic E-state index is 12.7. The summed E-state index contributed by atoms with van der Waals surface area (Å²) in [6.45, 7) is 11.2. The second-order valence-electron chi connectivity index (χ2n) is 9.65. The third-order valence-corrected chi connectivity index (χ3v) is 7.76. The van der Waals surface area contributed by atoms with Gasteiger partial charge in [-0.3, -0.25) is 4.79 Å². The average Bonchev–Trinajstić information content (AvgIpc) is 3.10. The Bertz CT molecular complexity index is 1010. The van der Waals surface area contributed by atoms with Crippen LogP contribution in [-0.2, 0) is 22.4 Å². The second kappa shape index (κ2) is 10.9. The zero-order chi connectivity index (χ0) is 24.2. The summed E-state index contributed by atoms with van der Waals surface area (Å²) in [6.07, 6.45) is 3.68. The van der Waals surface area contributed by atoms with Crippen molar-refractivity contribution in [2.24, 2.45) is 11.3 Å². The van der Waals surface area contributed by atoms with E-state index in [9.17, 15) is 9.59 Å². The largest absolute Gasteiger partial charge is 0.494 e. The Balaban J connectivity index is 1.64. The van der Waals surface area contributed by atoms with Crippen LogP contribution in [0.3, 0.4) is 0 Å². The molecule has 0 radical (unpaired) electrons. The van der Waals surface area contributed by atoms with Crippen LogP contribution in [0.4, 0.5) is 5.00 Å². The number of halogens is 1. The van der Waals surface area contributed by atoms with E-state index < -0.39 is 0 Å². The molecule has 1 aromatic carbocycles. The highest BCUT2D eigenvalue weighted by molar-refractivity contribution is 7.17. The van der Waals surface area contributed by atoms with Crippen molar-refractivity contribution in [1.82, 2.24) is 0 Å². The Hall–Kier alpha value is -2.05. The number of carbonyl (C=O) groups is 2. The van der Waals surface area contributed by atoms with E-state index in [1.807, 2.05) is 19.1 Å². The van der Waals surface area contributed by atoms with Crippen LogP contribution in [0.2, 0.25) is 5.02 Å². The van der Waals surface area contributed by atoms with Crippen molar-refractivity contribution >= 4 is 39.8 Å². The van der Waals surface area contributed by atoms with E-state index in [1.54, 1.807) is 13.0 Å². The monoisotopic (exact) mass is 491 g/mol. The molecule has 1 aromatic heterocycles. The zero-order valence-corrected chi connectivity index (χ0v) is 21.8. The number of rotatable bonds is 8. The van der Waals surface area contributed by atoms with Gasteiger partial charge < -0.3 is 14.8 Å². The molecule has 7 heteroatoms. The number of hydrogen-bond acceptors (Lipinski definition) is 5. The highest BCUT2D eigenvalue weighted by Gasteiger charge is 2.34. The van der Waals surface area contributed by atoms with Crippen LogP contribution in [0.1, 0.15) is 73.3 Å². The first-order valence-corrected chi connectivity index (χ1v) is 12.8. The van der Waals surface area contributed by atoms with Crippen molar-refractivity contribution in [3.63, 3.8) is 0 Å². The van der Waals surface area contributed by atoms with Crippen molar-refractivity contribution in [2.45, 2.75) is 66.7 Å². The Morgan fingerprint density at radius 2 is 2.03 bits per heavy atom. The average molecular weight is 492 g/mol. The Labute approximate surface area is 205 Å². The number of amides is 1. The minimum Gasteiger partial charge on any atom is -0.494 e. The van der Waals surface area contributed by atoms with Crippen molar-refractivity contribution in [2.75, 3.05) is 18.5 Å². The fraction of sp³-hybridized carbons (Fsp3) is 0.538. The molecule has 1 atom stereocenters. The molecule has 1 aliphatic carbocycles. The normalized spacial score (nSPS) is 15.6. The summed E-state index contributed by atoms with van der Waals surface area (Å²) < 4.78 is 11.1. The minimum atomic E-state index is -0.346. The standard InChI is InChI=1S/C26H34ClNO4S/c1-6-31-25(30)23-19-11-9-17(26(3,4)5)15-21(19)33-24(23)28-22(29)8-7-13-32-18-10-12-20(27)16(2)14-18/h10,12,14,17H,6-9,11,13,15H2,1-5H3,(H,28,29). The minimum absolute atomic E-state index is 0.123. The fourth-order valence-electron chi connectivity index (χ4n) is 4.15. The number of benzene rings is 1. The van der Waals surface area contributed by atoms with Crippen LogP contribution in [0.25, 0.3) is 0 Å². The number of nitrogens with one attached hydrogen (secondary N) is 1. The number of fused-ring (bicyclic) bond motifs is 1. The van der Waals surface area contributed by atoms with Gasteiger partial charge in [-0.25, -0.2) is 4.79 Å². The van der Waals surface area contributed by atoms with Crippen LogP contribution in [0.15, 0.2) is 18.2 Å². The third kappa shape index (κ3) is 6.51. The van der Waals surface area contributed by atoms with Gasteiger partial charge in [-0.15, -0.1) is 11.3 Å². The van der Waals surface area contributed by atoms with Gasteiger partial charge in [0.15, 0.2) is 0 Å². The van der Waals surface area contributed by atoms with Crippen molar-refractivity contribution in [1.29, 1.82) is 0 Å². The molecule has 180 valence electrons. The number of anilines is 1. The van der Waals surface area contributed by atoms with Crippen LogP contribution in [0.5, 0.6) is 5.75 Å². The number of ether oxygens (including phenoxy) is 2. The van der Waals surface area contributed by atoms with Gasteiger partial charge in [0, 0.05) is 16.3 Å². The molecule has 5 nitrogen and oxygen atoms in total. The van der Waals surface area contributed by atoms with Crippen LogP contribution < -0.4 is 10.1 Å². The Morgan fingerprint density at radius 1 is 1.27 bits per heavy atom. The predicted molar refractivity (Wildman–Crippen MR) is 135 cm³/mol. The molecule has 1 unspecified atom stereocenters. The lowest BCUT2D eigenvalue weighted by Gasteiger charge is -2.33. The first-order valence-electron chi connectivity index (χ1n) is 11.6. The zero-order valence-electron chi connectivity index (χ0n) is 20.2. The molecular formula is C26H34ClNO4S.